The summed E-state index contributed by atoms with van der Waals surface area (Å²) in [5, 5.41) is 6.89. The number of hydrogen-bond donors (Lipinski definition) is 1. The molecule has 4 rings (SSSR count). The van der Waals surface area contributed by atoms with Crippen molar-refractivity contribution in [3.05, 3.63) is 89.3 Å². The van der Waals surface area contributed by atoms with Crippen molar-refractivity contribution in [3.63, 3.8) is 0 Å². The van der Waals surface area contributed by atoms with Crippen LogP contribution in [0.1, 0.15) is 33.4 Å². The zero-order chi connectivity index (χ0) is 19.5. The van der Waals surface area contributed by atoms with Gasteiger partial charge in [0, 0.05) is 19.2 Å². The van der Waals surface area contributed by atoms with Gasteiger partial charge in [-0.2, -0.15) is 0 Å². The van der Waals surface area contributed by atoms with Gasteiger partial charge in [0.25, 0.3) is 5.91 Å². The molecule has 0 spiro atoms. The molecule has 2 heterocycles. The third-order valence-electron chi connectivity index (χ3n) is 4.94. The fraction of sp³-hybridized carbons (Fsp3) is 0.227. The van der Waals surface area contributed by atoms with Gasteiger partial charge in [0.1, 0.15) is 5.76 Å². The highest BCUT2D eigenvalue weighted by atomic mass is 16.5. The molecule has 0 saturated carbocycles. The van der Waals surface area contributed by atoms with Crippen LogP contribution in [0, 0.1) is 12.8 Å². The van der Waals surface area contributed by atoms with Crippen LogP contribution in [0.2, 0.25) is 0 Å². The maximum absolute atomic E-state index is 12.8. The second kappa shape index (κ2) is 7.68. The van der Waals surface area contributed by atoms with Crippen LogP contribution in [-0.4, -0.2) is 35.0 Å². The van der Waals surface area contributed by atoms with E-state index in [1.165, 1.54) is 0 Å². The number of aryl methyl sites for hydroxylation is 1. The minimum absolute atomic E-state index is 0.0573. The Balaban J connectivity index is 1.42. The van der Waals surface area contributed by atoms with Gasteiger partial charge in [-0.25, -0.2) is 0 Å². The van der Waals surface area contributed by atoms with E-state index in [0.29, 0.717) is 18.8 Å². The number of rotatable bonds is 5. The molecule has 1 fully saturated rings. The highest BCUT2D eigenvalue weighted by Gasteiger charge is 2.37. The van der Waals surface area contributed by atoms with Crippen molar-refractivity contribution in [2.24, 2.45) is 5.92 Å². The SMILES string of the molecule is Cc1cc(C(=O)N2CC(C(=O)NC(c3ccccc3)c3ccccc3)C2)no1. The summed E-state index contributed by atoms with van der Waals surface area (Å²) >= 11 is 0. The number of likely N-dealkylation sites (tertiary alicyclic amines) is 1. The number of benzene rings is 2. The predicted octanol–water partition coefficient (Wildman–Crippen LogP) is 2.96. The van der Waals surface area contributed by atoms with Crippen molar-refractivity contribution in [2.75, 3.05) is 13.1 Å². The zero-order valence-electron chi connectivity index (χ0n) is 15.5. The molecule has 1 aliphatic rings. The minimum atomic E-state index is -0.230. The highest BCUT2D eigenvalue weighted by Crippen LogP contribution is 2.24. The number of nitrogens with one attached hydrogen (secondary N) is 1. The number of carbonyl (C=O) groups excluding carboxylic acids is 2. The third kappa shape index (κ3) is 3.67. The molecule has 1 saturated heterocycles. The van der Waals surface area contributed by atoms with E-state index in [1.54, 1.807) is 17.9 Å². The molecular weight excluding hydrogens is 354 g/mol. The lowest BCUT2D eigenvalue weighted by Gasteiger charge is -2.38. The standard InChI is InChI=1S/C22H21N3O3/c1-15-12-19(24-28-15)22(27)25-13-18(14-25)21(26)23-20(16-8-4-2-5-9-16)17-10-6-3-7-11-17/h2-12,18,20H,13-14H2,1H3,(H,23,26). The molecule has 6 heteroatoms. The molecule has 2 amide bonds. The first-order valence-corrected chi connectivity index (χ1v) is 9.24. The Hall–Kier alpha value is -3.41. The van der Waals surface area contributed by atoms with Crippen LogP contribution in [0.15, 0.2) is 71.3 Å². The molecule has 2 aromatic carbocycles. The molecule has 0 unspecified atom stereocenters. The van der Waals surface area contributed by atoms with Gasteiger partial charge >= 0.3 is 0 Å². The summed E-state index contributed by atoms with van der Waals surface area (Å²) in [4.78, 5) is 26.8. The second-order valence-electron chi connectivity index (χ2n) is 6.99. The Labute approximate surface area is 163 Å². The van der Waals surface area contributed by atoms with E-state index < -0.39 is 0 Å². The van der Waals surface area contributed by atoms with Crippen molar-refractivity contribution in [2.45, 2.75) is 13.0 Å². The lowest BCUT2D eigenvalue weighted by atomic mass is 9.95. The highest BCUT2D eigenvalue weighted by molar-refractivity contribution is 5.94. The molecule has 1 N–H and O–H groups in total. The summed E-state index contributed by atoms with van der Waals surface area (Å²) in [7, 11) is 0. The quantitative estimate of drug-likeness (QED) is 0.744. The number of nitrogens with zero attached hydrogens (tertiary/aromatic N) is 2. The van der Waals surface area contributed by atoms with E-state index >= 15 is 0 Å². The molecule has 6 nitrogen and oxygen atoms in total. The Kier molecular flexibility index (Phi) is 4.93. The molecule has 28 heavy (non-hydrogen) atoms. The first kappa shape index (κ1) is 18.0. The summed E-state index contributed by atoms with van der Waals surface area (Å²) in [5.41, 5.74) is 2.32. The molecular formula is C22H21N3O3. The molecule has 1 aliphatic heterocycles. The van der Waals surface area contributed by atoms with Crippen molar-refractivity contribution in [1.82, 2.24) is 15.4 Å². The topological polar surface area (TPSA) is 75.4 Å². The van der Waals surface area contributed by atoms with Gasteiger partial charge in [0.2, 0.25) is 5.91 Å². The number of hydrogen-bond acceptors (Lipinski definition) is 4. The van der Waals surface area contributed by atoms with Crippen LogP contribution < -0.4 is 5.32 Å². The minimum Gasteiger partial charge on any atom is -0.361 e. The molecule has 0 bridgehead atoms. The van der Waals surface area contributed by atoms with Gasteiger partial charge in [-0.05, 0) is 18.1 Å². The normalized spacial score (nSPS) is 14.0. The van der Waals surface area contributed by atoms with Crippen LogP contribution in [0.4, 0.5) is 0 Å². The molecule has 3 aromatic rings. The van der Waals surface area contributed by atoms with E-state index in [4.69, 9.17) is 4.52 Å². The van der Waals surface area contributed by atoms with Gasteiger partial charge in [-0.15, -0.1) is 0 Å². The van der Waals surface area contributed by atoms with E-state index in [0.717, 1.165) is 11.1 Å². The summed E-state index contributed by atoms with van der Waals surface area (Å²) in [6, 6.07) is 21.1. The van der Waals surface area contributed by atoms with Gasteiger partial charge in [0.15, 0.2) is 5.69 Å². The van der Waals surface area contributed by atoms with Crippen molar-refractivity contribution in [3.8, 4) is 0 Å². The van der Waals surface area contributed by atoms with E-state index in [-0.39, 0.29) is 29.5 Å². The molecule has 0 radical (unpaired) electrons. The Morgan fingerprint density at radius 2 is 1.61 bits per heavy atom. The number of carbonyl (C=O) groups is 2. The lowest BCUT2D eigenvalue weighted by Crippen LogP contribution is -2.56. The third-order valence-corrected chi connectivity index (χ3v) is 4.94. The zero-order valence-corrected chi connectivity index (χ0v) is 15.5. The molecule has 0 aliphatic carbocycles. The first-order chi connectivity index (χ1) is 13.6. The van der Waals surface area contributed by atoms with Crippen molar-refractivity contribution >= 4 is 11.8 Å². The molecule has 0 atom stereocenters. The fourth-order valence-electron chi connectivity index (χ4n) is 3.35. The predicted molar refractivity (Wildman–Crippen MR) is 104 cm³/mol. The van der Waals surface area contributed by atoms with E-state index in [2.05, 4.69) is 10.5 Å². The summed E-state index contributed by atoms with van der Waals surface area (Å²) in [6.07, 6.45) is 0. The van der Waals surface area contributed by atoms with Gasteiger partial charge in [-0.3, -0.25) is 9.59 Å². The van der Waals surface area contributed by atoms with Crippen LogP contribution in [0.25, 0.3) is 0 Å². The van der Waals surface area contributed by atoms with Gasteiger partial charge in [0.05, 0.1) is 12.0 Å². The van der Waals surface area contributed by atoms with E-state index in [1.807, 2.05) is 60.7 Å². The number of aromatic nitrogens is 1. The summed E-state index contributed by atoms with van der Waals surface area (Å²) in [5.74, 6) is 0.0975. The summed E-state index contributed by atoms with van der Waals surface area (Å²) in [6.45, 7) is 2.50. The summed E-state index contributed by atoms with van der Waals surface area (Å²) < 4.78 is 4.95. The Bertz CT molecular complexity index is 923. The lowest BCUT2D eigenvalue weighted by molar-refractivity contribution is -0.129. The smallest absolute Gasteiger partial charge is 0.276 e. The van der Waals surface area contributed by atoms with Crippen LogP contribution in [-0.2, 0) is 4.79 Å². The van der Waals surface area contributed by atoms with Crippen LogP contribution in [0.3, 0.4) is 0 Å². The maximum Gasteiger partial charge on any atom is 0.276 e. The fourth-order valence-corrected chi connectivity index (χ4v) is 3.35. The number of amides is 2. The van der Waals surface area contributed by atoms with E-state index in [9.17, 15) is 9.59 Å². The molecule has 142 valence electrons. The largest absolute Gasteiger partial charge is 0.361 e. The Morgan fingerprint density at radius 3 is 2.11 bits per heavy atom. The average Bonchev–Trinajstić information content (AvgIpc) is 3.12. The van der Waals surface area contributed by atoms with Crippen molar-refractivity contribution in [1.29, 1.82) is 0 Å². The van der Waals surface area contributed by atoms with Gasteiger partial charge < -0.3 is 14.7 Å². The second-order valence-corrected chi connectivity index (χ2v) is 6.99. The van der Waals surface area contributed by atoms with Crippen molar-refractivity contribution < 1.29 is 14.1 Å². The van der Waals surface area contributed by atoms with Crippen LogP contribution in [0.5, 0.6) is 0 Å². The van der Waals surface area contributed by atoms with Gasteiger partial charge in [-0.1, -0.05) is 65.8 Å². The average molecular weight is 375 g/mol. The maximum atomic E-state index is 12.8. The Morgan fingerprint density at radius 1 is 1.04 bits per heavy atom. The monoisotopic (exact) mass is 375 g/mol. The van der Waals surface area contributed by atoms with Crippen LogP contribution >= 0.6 is 0 Å². The first-order valence-electron chi connectivity index (χ1n) is 9.24. The molecule has 1 aromatic heterocycles.